The smallest absolute Gasteiger partial charge is 0.409 e. The average molecular weight is 409 g/mol. The topological polar surface area (TPSA) is 66.8 Å². The first kappa shape index (κ1) is 19.1. The number of ether oxygens (including phenoxy) is 1. The average Bonchev–Trinajstić information content (AvgIpc) is 3.25. The van der Waals surface area contributed by atoms with E-state index in [1.54, 1.807) is 0 Å². The van der Waals surface area contributed by atoms with Gasteiger partial charge in [0.2, 0.25) is 0 Å². The summed E-state index contributed by atoms with van der Waals surface area (Å²) in [6, 6.07) is 16.1. The third-order valence-electron chi connectivity index (χ3n) is 7.19. The van der Waals surface area contributed by atoms with E-state index in [1.165, 1.54) is 4.90 Å². The summed E-state index contributed by atoms with van der Waals surface area (Å²) in [5.74, 6) is -1.24. The van der Waals surface area contributed by atoms with Crippen LogP contribution in [0.1, 0.15) is 42.7 Å². The molecule has 2 aromatic carbocycles. The van der Waals surface area contributed by atoms with Crippen molar-refractivity contribution >= 4 is 12.1 Å². The third-order valence-corrected chi connectivity index (χ3v) is 7.19. The lowest BCUT2D eigenvalue weighted by molar-refractivity contribution is -0.159. The minimum atomic E-state index is -1.89. The second-order valence-electron chi connectivity index (χ2n) is 8.72. The number of hydrogen-bond donors (Lipinski definition) is 1. The highest BCUT2D eigenvalue weighted by atomic mass is 19.1. The van der Waals surface area contributed by atoms with Crippen LogP contribution in [0.2, 0.25) is 0 Å². The fourth-order valence-electron chi connectivity index (χ4n) is 5.61. The third kappa shape index (κ3) is 2.66. The van der Waals surface area contributed by atoms with Crippen LogP contribution in [0.25, 0.3) is 11.1 Å². The summed E-state index contributed by atoms with van der Waals surface area (Å²) in [7, 11) is 0. The van der Waals surface area contributed by atoms with Crippen molar-refractivity contribution in [2.24, 2.45) is 5.41 Å². The molecule has 6 heteroatoms. The van der Waals surface area contributed by atoms with Crippen molar-refractivity contribution in [2.45, 2.75) is 37.3 Å². The number of hydrogen-bond acceptors (Lipinski definition) is 3. The van der Waals surface area contributed by atoms with Crippen LogP contribution in [-0.4, -0.2) is 47.4 Å². The van der Waals surface area contributed by atoms with Crippen molar-refractivity contribution < 1.29 is 23.8 Å². The molecule has 5 rings (SSSR count). The van der Waals surface area contributed by atoms with Gasteiger partial charge in [-0.05, 0) is 35.1 Å². The number of rotatable bonds is 3. The molecule has 2 aliphatic carbocycles. The van der Waals surface area contributed by atoms with Gasteiger partial charge in [0.25, 0.3) is 0 Å². The highest BCUT2D eigenvalue weighted by Gasteiger charge is 2.65. The molecule has 1 heterocycles. The molecule has 1 saturated carbocycles. The molecule has 0 aromatic heterocycles. The van der Waals surface area contributed by atoms with E-state index < -0.39 is 23.1 Å². The number of carboxylic acids is 1. The van der Waals surface area contributed by atoms with Gasteiger partial charge in [-0.1, -0.05) is 61.4 Å². The minimum Gasteiger partial charge on any atom is -0.481 e. The molecule has 0 spiro atoms. The van der Waals surface area contributed by atoms with Crippen LogP contribution in [0.3, 0.4) is 0 Å². The normalized spacial score (nSPS) is 27.3. The van der Waals surface area contributed by atoms with Crippen molar-refractivity contribution in [1.29, 1.82) is 0 Å². The van der Waals surface area contributed by atoms with E-state index in [-0.39, 0.29) is 38.5 Å². The number of amides is 1. The van der Waals surface area contributed by atoms with Gasteiger partial charge in [-0.2, -0.15) is 0 Å². The predicted molar refractivity (Wildman–Crippen MR) is 109 cm³/mol. The van der Waals surface area contributed by atoms with Crippen LogP contribution in [0.4, 0.5) is 9.18 Å². The molecule has 156 valence electrons. The zero-order valence-electron chi connectivity index (χ0n) is 16.6. The summed E-state index contributed by atoms with van der Waals surface area (Å²) in [5.41, 5.74) is 1.07. The molecular weight excluding hydrogens is 385 g/mol. The van der Waals surface area contributed by atoms with Gasteiger partial charge in [-0.25, -0.2) is 9.18 Å². The fraction of sp³-hybridized carbons (Fsp3) is 0.417. The second kappa shape index (κ2) is 6.83. The highest BCUT2D eigenvalue weighted by Crippen LogP contribution is 2.52. The number of nitrogens with zero attached hydrogens (tertiary/aromatic N) is 1. The molecule has 2 aromatic rings. The summed E-state index contributed by atoms with van der Waals surface area (Å²) in [6.07, 6.45) is 1.10. The molecule has 2 fully saturated rings. The molecule has 1 amide bonds. The molecule has 2 atom stereocenters. The van der Waals surface area contributed by atoms with E-state index in [1.807, 2.05) is 36.4 Å². The lowest BCUT2D eigenvalue weighted by Gasteiger charge is -2.39. The summed E-state index contributed by atoms with van der Waals surface area (Å²) >= 11 is 0. The van der Waals surface area contributed by atoms with Crippen molar-refractivity contribution in [3.63, 3.8) is 0 Å². The van der Waals surface area contributed by atoms with Crippen LogP contribution in [0.5, 0.6) is 0 Å². The Kier molecular flexibility index (Phi) is 4.34. The Hall–Kier alpha value is -2.89. The van der Waals surface area contributed by atoms with Crippen LogP contribution in [0.15, 0.2) is 48.5 Å². The minimum absolute atomic E-state index is 0.0843. The number of likely N-dealkylation sites (tertiary alicyclic amines) is 1. The second-order valence-corrected chi connectivity index (χ2v) is 8.72. The summed E-state index contributed by atoms with van der Waals surface area (Å²) in [6.45, 7) is -0.200. The first-order chi connectivity index (χ1) is 14.5. The Morgan fingerprint density at radius 2 is 1.60 bits per heavy atom. The maximum atomic E-state index is 15.6. The van der Waals surface area contributed by atoms with Crippen molar-refractivity contribution in [2.75, 3.05) is 19.7 Å². The zero-order valence-corrected chi connectivity index (χ0v) is 16.6. The number of carboxylic acid groups (broad SMARTS) is 1. The molecule has 30 heavy (non-hydrogen) atoms. The van der Waals surface area contributed by atoms with E-state index >= 15 is 4.39 Å². The standard InChI is InChI=1S/C24H24FNO4/c25-24-12-6-5-11-23(24,21(27)28)14-26(15-24)22(29)30-13-20-18-9-3-1-7-16(18)17-8-2-4-10-19(17)20/h1-4,7-10,20H,5-6,11-15H2,(H,27,28)/t23-,24-/m0/s1. The van der Waals surface area contributed by atoms with Gasteiger partial charge in [0, 0.05) is 12.5 Å². The van der Waals surface area contributed by atoms with Gasteiger partial charge >= 0.3 is 12.1 Å². The molecule has 0 bridgehead atoms. The number of aliphatic carboxylic acids is 1. The van der Waals surface area contributed by atoms with Crippen LogP contribution in [0, 0.1) is 5.41 Å². The van der Waals surface area contributed by atoms with Gasteiger partial charge in [-0.3, -0.25) is 4.79 Å². The Balaban J connectivity index is 1.35. The summed E-state index contributed by atoms with van der Waals surface area (Å²) in [4.78, 5) is 26.0. The lowest BCUT2D eigenvalue weighted by atomic mass is 9.66. The predicted octanol–water partition coefficient (Wildman–Crippen LogP) is 4.60. The number of carbonyl (C=O) groups excluding carboxylic acids is 1. The van der Waals surface area contributed by atoms with Crippen LogP contribution < -0.4 is 0 Å². The number of carbonyl (C=O) groups is 2. The highest BCUT2D eigenvalue weighted by molar-refractivity contribution is 5.81. The Labute approximate surface area is 174 Å². The number of halogens is 1. The van der Waals surface area contributed by atoms with Gasteiger partial charge < -0.3 is 14.7 Å². The maximum Gasteiger partial charge on any atom is 0.409 e. The molecule has 5 nitrogen and oxygen atoms in total. The molecule has 3 aliphatic rings. The quantitative estimate of drug-likeness (QED) is 0.804. The van der Waals surface area contributed by atoms with Gasteiger partial charge in [0.1, 0.15) is 17.7 Å². The van der Waals surface area contributed by atoms with E-state index in [0.717, 1.165) is 22.3 Å². The van der Waals surface area contributed by atoms with E-state index in [0.29, 0.717) is 12.8 Å². The number of benzene rings is 2. The van der Waals surface area contributed by atoms with Gasteiger partial charge in [0.05, 0.1) is 6.54 Å². The summed E-state index contributed by atoms with van der Waals surface area (Å²) in [5, 5.41) is 9.77. The number of fused-ring (bicyclic) bond motifs is 4. The molecule has 1 N–H and O–H groups in total. The van der Waals surface area contributed by atoms with Crippen molar-refractivity contribution in [3.8, 4) is 11.1 Å². The largest absolute Gasteiger partial charge is 0.481 e. The molecular formula is C24H24FNO4. The zero-order chi connectivity index (χ0) is 20.9. The molecule has 1 saturated heterocycles. The first-order valence-electron chi connectivity index (χ1n) is 10.5. The van der Waals surface area contributed by atoms with E-state index in [4.69, 9.17) is 4.74 Å². The molecule has 1 aliphatic heterocycles. The Morgan fingerprint density at radius 3 is 2.20 bits per heavy atom. The van der Waals surface area contributed by atoms with Crippen LogP contribution >= 0.6 is 0 Å². The summed E-state index contributed by atoms with van der Waals surface area (Å²) < 4.78 is 21.2. The lowest BCUT2D eigenvalue weighted by Crippen LogP contribution is -2.51. The molecule has 0 unspecified atom stereocenters. The maximum absolute atomic E-state index is 15.6. The fourth-order valence-corrected chi connectivity index (χ4v) is 5.61. The Bertz CT molecular complexity index is 978. The first-order valence-corrected chi connectivity index (χ1v) is 10.5. The van der Waals surface area contributed by atoms with Crippen molar-refractivity contribution in [1.82, 2.24) is 4.90 Å². The molecule has 0 radical (unpaired) electrons. The van der Waals surface area contributed by atoms with E-state index in [2.05, 4.69) is 12.1 Å². The van der Waals surface area contributed by atoms with E-state index in [9.17, 15) is 14.7 Å². The monoisotopic (exact) mass is 409 g/mol. The van der Waals surface area contributed by atoms with Crippen molar-refractivity contribution in [3.05, 3.63) is 59.7 Å². The number of alkyl halides is 1. The van der Waals surface area contributed by atoms with Gasteiger partial charge in [-0.15, -0.1) is 0 Å². The van der Waals surface area contributed by atoms with Crippen LogP contribution in [-0.2, 0) is 9.53 Å². The van der Waals surface area contributed by atoms with Gasteiger partial charge in [0.15, 0.2) is 0 Å². The SMILES string of the molecule is O=C(OCC1c2ccccc2-c2ccccc21)N1C[C@@]2(F)CCCC[C@@]2(C(=O)O)C1. The Morgan fingerprint density at radius 1 is 1.00 bits per heavy atom.